The highest BCUT2D eigenvalue weighted by Gasteiger charge is 2.34. The van der Waals surface area contributed by atoms with Crippen molar-refractivity contribution in [3.05, 3.63) is 130 Å². The molecular weight excluding hydrogens is 1400 g/mol. The van der Waals surface area contributed by atoms with Crippen LogP contribution in [0.2, 0.25) is 0 Å². The normalized spacial score (nSPS) is 12.7. The molecule has 1 fully saturated rings. The summed E-state index contributed by atoms with van der Waals surface area (Å²) in [6.07, 6.45) is 4.28. The fraction of sp³-hybridized carbons (Fsp3) is 0.529. The van der Waals surface area contributed by atoms with Crippen molar-refractivity contribution >= 4 is 70.8 Å². The Morgan fingerprint density at radius 1 is 0.451 bits per heavy atom. The molecule has 1 aliphatic heterocycles. The number of ketones is 3. The van der Waals surface area contributed by atoms with Crippen molar-refractivity contribution in [2.24, 2.45) is 0 Å². The monoisotopic (exact) mass is 1490 g/mol. The van der Waals surface area contributed by atoms with Gasteiger partial charge in [-0.3, -0.25) is 33.3 Å². The molecule has 4 aromatic carbocycles. The lowest BCUT2D eigenvalue weighted by atomic mass is 10.1. The molecule has 1 atom stereocenters. The molecule has 3 amide bonds. The molecule has 0 aromatic heterocycles. The van der Waals surface area contributed by atoms with Gasteiger partial charge in [0, 0.05) is 61.9 Å². The second kappa shape index (κ2) is 50.3. The Morgan fingerprint density at radius 3 is 1.10 bits per heavy atom. The van der Waals surface area contributed by atoms with E-state index in [-0.39, 0.29) is 121 Å². The van der Waals surface area contributed by atoms with Gasteiger partial charge in [-0.15, -0.1) is 11.5 Å². The summed E-state index contributed by atoms with van der Waals surface area (Å²) in [7, 11) is -12.0. The van der Waals surface area contributed by atoms with Crippen LogP contribution in [0.3, 0.4) is 0 Å². The zero-order chi connectivity index (χ0) is 74.3. The average molecular weight is 1490 g/mol. The van der Waals surface area contributed by atoms with Crippen molar-refractivity contribution in [2.75, 3.05) is 177 Å². The summed E-state index contributed by atoms with van der Waals surface area (Å²) in [5.41, 5.74) is 2.49. The summed E-state index contributed by atoms with van der Waals surface area (Å²) in [4.78, 5) is 90.5. The summed E-state index contributed by atoms with van der Waals surface area (Å²) in [5.74, 6) is -2.52. The number of nitrogens with zero attached hydrogens (tertiary/aromatic N) is 1. The summed E-state index contributed by atoms with van der Waals surface area (Å²) < 4.78 is 149. The van der Waals surface area contributed by atoms with Gasteiger partial charge in [-0.25, -0.2) is 21.6 Å². The van der Waals surface area contributed by atoms with Crippen LogP contribution in [0, 0.1) is 26.2 Å². The van der Waals surface area contributed by atoms with E-state index in [4.69, 9.17) is 68.1 Å². The van der Waals surface area contributed by atoms with Crippen molar-refractivity contribution in [3.63, 3.8) is 0 Å². The molecule has 0 saturated carbocycles. The molecule has 32 heteroatoms. The summed E-state index contributed by atoms with van der Waals surface area (Å²) in [6, 6.07) is 23.6. The van der Waals surface area contributed by atoms with Crippen LogP contribution in [0.1, 0.15) is 97.5 Å². The van der Waals surface area contributed by atoms with Crippen LogP contribution >= 0.6 is 0 Å². The van der Waals surface area contributed by atoms with Gasteiger partial charge in [0.15, 0.2) is 37.0 Å². The standard InChI is InChI=1S/C49H75NO20S2.C21H19NO7S/c1-3-17-59-19-21-61-23-25-63-27-29-65-31-33-67-35-37-69-39-40-70-38-36-68-34-32-66-30-28-64-26-24-62-22-20-60-18-4-5-47(52)48(72(56,57)58)14-16-50-49(53)44-10-8-43(9-11-44)46(51)15-41-71(54,55)45-12-6-42(2)7-13-45;1-14-2-8-17(9-3-14)30(27,28)13-12-18(23)15-4-6-16(7-5-15)21(26)29-22-19(24)10-11-20(22)25/h1,6-13,48H,4-5,14-41H2,2H3,(H,50,53)(H,56,57,58);2-9H,10-13H2,1H3. The van der Waals surface area contributed by atoms with Gasteiger partial charge in [0.25, 0.3) is 27.8 Å². The number of imide groups is 1. The predicted octanol–water partition coefficient (Wildman–Crippen LogP) is 4.86. The number of benzene rings is 4. The Morgan fingerprint density at radius 2 is 0.765 bits per heavy atom. The number of terminal acetylenes is 1. The van der Waals surface area contributed by atoms with E-state index in [0.29, 0.717) is 137 Å². The maximum atomic E-state index is 12.7. The second-order valence-electron chi connectivity index (χ2n) is 22.3. The maximum Gasteiger partial charge on any atom is 0.363 e. The van der Waals surface area contributed by atoms with Gasteiger partial charge in [-0.2, -0.15) is 8.42 Å². The zero-order valence-corrected chi connectivity index (χ0v) is 60.1. The Hall–Kier alpha value is -7.14. The van der Waals surface area contributed by atoms with Crippen molar-refractivity contribution in [1.29, 1.82) is 0 Å². The minimum absolute atomic E-state index is 0.00888. The number of aryl methyl sites for hydroxylation is 2. The van der Waals surface area contributed by atoms with E-state index in [2.05, 4.69) is 11.2 Å². The van der Waals surface area contributed by atoms with E-state index in [1.807, 2.05) is 13.8 Å². The molecule has 2 N–H and O–H groups in total. The van der Waals surface area contributed by atoms with Crippen LogP contribution in [0.5, 0.6) is 0 Å². The number of nitrogens with one attached hydrogen (secondary N) is 1. The van der Waals surface area contributed by atoms with Crippen molar-refractivity contribution in [2.45, 2.75) is 73.8 Å². The fourth-order valence-corrected chi connectivity index (χ4v) is 12.2. The third-order valence-electron chi connectivity index (χ3n) is 14.4. The number of sulfone groups is 2. The van der Waals surface area contributed by atoms with Gasteiger partial charge < -0.3 is 67.0 Å². The maximum absolute atomic E-state index is 12.7. The Labute approximate surface area is 596 Å². The lowest BCUT2D eigenvalue weighted by Crippen LogP contribution is -2.35. The summed E-state index contributed by atoms with van der Waals surface area (Å²) in [5, 5.41) is 1.22. The number of carbonyl (C=O) groups is 7. The van der Waals surface area contributed by atoms with Crippen LogP contribution in [0.25, 0.3) is 0 Å². The molecule has 1 saturated heterocycles. The van der Waals surface area contributed by atoms with Crippen LogP contribution in [-0.4, -0.2) is 258 Å². The highest BCUT2D eigenvalue weighted by Crippen LogP contribution is 2.19. The zero-order valence-electron chi connectivity index (χ0n) is 57.7. The molecule has 1 heterocycles. The van der Waals surface area contributed by atoms with Crippen molar-refractivity contribution in [1.82, 2.24) is 10.4 Å². The SMILES string of the molecule is C#CCOCCOCCOCCOCCOCCOCCOCCOCCOCCOCCOCCOCCCC(=O)C(CCNC(=O)c1ccc(C(=O)CCS(=O)(=O)c2ccc(C)cc2)cc1)S(=O)(=O)O.Cc1ccc(S(=O)(=O)CCC(=O)c2ccc(C(=O)ON3C(=O)CCC3=O)cc2)cc1. The van der Waals surface area contributed by atoms with Crippen molar-refractivity contribution < 1.29 is 125 Å². The second-order valence-corrected chi connectivity index (χ2v) is 28.2. The first-order valence-electron chi connectivity index (χ1n) is 33.1. The molecule has 564 valence electrons. The van der Waals surface area contributed by atoms with Crippen LogP contribution in [0.15, 0.2) is 107 Å². The Kier molecular flexibility index (Phi) is 43.0. The minimum atomic E-state index is -4.75. The van der Waals surface area contributed by atoms with Gasteiger partial charge in [0.2, 0.25) is 0 Å². The quantitative estimate of drug-likeness (QED) is 0.0196. The number of rotatable bonds is 56. The van der Waals surface area contributed by atoms with E-state index < -0.39 is 76.1 Å². The number of hydrogen-bond donors (Lipinski definition) is 2. The molecule has 0 spiro atoms. The first-order chi connectivity index (χ1) is 49.0. The molecule has 0 aliphatic carbocycles. The van der Waals surface area contributed by atoms with Crippen LogP contribution in [-0.2, 0) is 106 Å². The molecule has 29 nitrogen and oxygen atoms in total. The van der Waals surface area contributed by atoms with Gasteiger partial charge >= 0.3 is 5.97 Å². The third-order valence-corrected chi connectivity index (χ3v) is 19.1. The molecule has 0 radical (unpaired) electrons. The number of hydroxylamine groups is 2. The van der Waals surface area contributed by atoms with E-state index in [1.165, 1.54) is 72.8 Å². The average Bonchev–Trinajstić information content (AvgIpc) is 1.21. The molecule has 0 bridgehead atoms. The lowest BCUT2D eigenvalue weighted by molar-refractivity contribution is -0.172. The number of carbonyl (C=O) groups excluding carboxylic acids is 7. The van der Waals surface area contributed by atoms with Gasteiger partial charge in [0.1, 0.15) is 11.9 Å². The van der Waals surface area contributed by atoms with E-state index in [1.54, 1.807) is 24.3 Å². The van der Waals surface area contributed by atoms with Gasteiger partial charge in [-0.1, -0.05) is 65.6 Å². The molecule has 1 unspecified atom stereocenters. The van der Waals surface area contributed by atoms with Gasteiger partial charge in [0.05, 0.1) is 172 Å². The van der Waals surface area contributed by atoms with Crippen molar-refractivity contribution in [3.8, 4) is 12.3 Å². The largest absolute Gasteiger partial charge is 0.379 e. The van der Waals surface area contributed by atoms with E-state index in [9.17, 15) is 63.4 Å². The molecule has 4 aromatic rings. The molecule has 5 rings (SSSR count). The Balaban J connectivity index is 0.000000604. The van der Waals surface area contributed by atoms with Crippen LogP contribution in [0.4, 0.5) is 0 Å². The topological polar surface area (TPSA) is 377 Å². The first kappa shape index (κ1) is 87.3. The highest BCUT2D eigenvalue weighted by molar-refractivity contribution is 7.91. The highest BCUT2D eigenvalue weighted by atomic mass is 32.2. The third kappa shape index (κ3) is 36.8. The van der Waals surface area contributed by atoms with Crippen LogP contribution < -0.4 is 5.32 Å². The molecule has 1 aliphatic rings. The van der Waals surface area contributed by atoms with E-state index >= 15 is 0 Å². The lowest BCUT2D eigenvalue weighted by Gasteiger charge is -2.14. The summed E-state index contributed by atoms with van der Waals surface area (Å²) >= 11 is 0. The van der Waals surface area contributed by atoms with Gasteiger partial charge in [-0.05, 0) is 75.2 Å². The predicted molar refractivity (Wildman–Crippen MR) is 369 cm³/mol. The summed E-state index contributed by atoms with van der Waals surface area (Å²) in [6.45, 7) is 13.3. The molecule has 102 heavy (non-hydrogen) atoms. The number of hydrogen-bond acceptors (Lipinski definition) is 26. The molecular formula is C70H94N2O27S3. The smallest absolute Gasteiger partial charge is 0.363 e. The fourth-order valence-electron chi connectivity index (χ4n) is 8.82. The Bertz CT molecular complexity index is 3530. The number of ether oxygens (including phenoxy) is 12. The first-order valence-corrected chi connectivity index (χ1v) is 37.9. The minimum Gasteiger partial charge on any atom is -0.379 e. The van der Waals surface area contributed by atoms with E-state index in [0.717, 1.165) is 11.1 Å². The number of Topliss-reactive ketones (excluding diaryl/α,β-unsaturated/α-hetero) is 3. The number of amides is 3.